The molecule has 2 aliphatic rings. The van der Waals surface area contributed by atoms with Crippen molar-refractivity contribution in [3.8, 4) is 6.07 Å². The number of pyridine rings is 1. The quantitative estimate of drug-likeness (QED) is 0.348. The number of thioether (sulfide) groups is 1. The molecule has 32 heavy (non-hydrogen) atoms. The van der Waals surface area contributed by atoms with Crippen LogP contribution in [-0.4, -0.2) is 50.4 Å². The largest absolute Gasteiger partial charge is 0.481 e. The first-order valence-electron chi connectivity index (χ1n) is 10.6. The summed E-state index contributed by atoms with van der Waals surface area (Å²) in [5.74, 6) is -0.294. The van der Waals surface area contributed by atoms with Crippen molar-refractivity contribution in [1.29, 1.82) is 5.26 Å². The predicted octanol–water partition coefficient (Wildman–Crippen LogP) is 3.01. The normalized spacial score (nSPS) is 17.5. The second-order valence-corrected chi connectivity index (χ2v) is 9.62. The highest BCUT2D eigenvalue weighted by molar-refractivity contribution is 8.26. The molecule has 10 heteroatoms. The van der Waals surface area contributed by atoms with Crippen LogP contribution in [0.25, 0.3) is 6.08 Å². The van der Waals surface area contributed by atoms with Crippen LogP contribution in [0.4, 0.5) is 5.82 Å². The van der Waals surface area contributed by atoms with E-state index in [1.165, 1.54) is 16.3 Å². The SMILES string of the molecule is Cc1c(/C=C2/SC(=S)N(CCCCCC(=O)O)C2=O)c(N2CCCC2)n(C)c(=O)c1C#N. The van der Waals surface area contributed by atoms with Crippen LogP contribution in [0.3, 0.4) is 0 Å². The lowest BCUT2D eigenvalue weighted by molar-refractivity contribution is -0.137. The third-order valence-electron chi connectivity index (χ3n) is 5.79. The molecule has 0 aromatic carbocycles. The number of nitriles is 1. The Bertz CT molecular complexity index is 1080. The molecule has 2 saturated heterocycles. The number of thiocarbonyl (C=S) groups is 1. The number of rotatable bonds is 8. The van der Waals surface area contributed by atoms with E-state index in [0.29, 0.717) is 46.2 Å². The molecule has 170 valence electrons. The summed E-state index contributed by atoms with van der Waals surface area (Å²) in [7, 11) is 1.66. The van der Waals surface area contributed by atoms with Crippen LogP contribution in [0.15, 0.2) is 9.70 Å². The minimum absolute atomic E-state index is 0.0793. The highest BCUT2D eigenvalue weighted by atomic mass is 32.2. The van der Waals surface area contributed by atoms with E-state index >= 15 is 0 Å². The van der Waals surface area contributed by atoms with Gasteiger partial charge in [0, 0.05) is 38.7 Å². The second-order valence-electron chi connectivity index (χ2n) is 7.95. The minimum atomic E-state index is -0.822. The summed E-state index contributed by atoms with van der Waals surface area (Å²) in [5.41, 5.74) is 1.01. The zero-order valence-electron chi connectivity index (χ0n) is 18.2. The third kappa shape index (κ3) is 4.89. The molecule has 3 rings (SSSR count). The van der Waals surface area contributed by atoms with Crippen LogP contribution in [0, 0.1) is 18.3 Å². The summed E-state index contributed by atoms with van der Waals surface area (Å²) in [6.07, 6.45) is 5.86. The van der Waals surface area contributed by atoms with Gasteiger partial charge in [0.15, 0.2) is 0 Å². The van der Waals surface area contributed by atoms with Gasteiger partial charge in [-0.05, 0) is 44.2 Å². The summed E-state index contributed by atoms with van der Waals surface area (Å²) in [5, 5.41) is 18.3. The number of hydrogen-bond donors (Lipinski definition) is 1. The molecular weight excluding hydrogens is 448 g/mol. The summed E-state index contributed by atoms with van der Waals surface area (Å²) in [6, 6.07) is 2.01. The van der Waals surface area contributed by atoms with E-state index in [-0.39, 0.29) is 23.5 Å². The fraction of sp³-hybridized carbons (Fsp3) is 0.500. The molecule has 0 bridgehead atoms. The Balaban J connectivity index is 1.90. The molecule has 2 fully saturated rings. The number of aromatic nitrogens is 1. The van der Waals surface area contributed by atoms with E-state index in [1.807, 2.05) is 6.07 Å². The smallest absolute Gasteiger partial charge is 0.303 e. The van der Waals surface area contributed by atoms with Gasteiger partial charge in [-0.25, -0.2) is 0 Å². The fourth-order valence-corrected chi connectivity index (χ4v) is 5.36. The van der Waals surface area contributed by atoms with Gasteiger partial charge in [0.1, 0.15) is 21.8 Å². The summed E-state index contributed by atoms with van der Waals surface area (Å²) >= 11 is 6.63. The Labute approximate surface area is 196 Å². The number of carbonyl (C=O) groups excluding carboxylic acids is 1. The Hall–Kier alpha value is -2.64. The molecule has 0 unspecified atom stereocenters. The molecular formula is C22H26N4O4S2. The predicted molar refractivity (Wildman–Crippen MR) is 129 cm³/mol. The van der Waals surface area contributed by atoms with E-state index in [9.17, 15) is 19.6 Å². The van der Waals surface area contributed by atoms with Crippen molar-refractivity contribution < 1.29 is 14.7 Å². The van der Waals surface area contributed by atoms with Gasteiger partial charge in [0.25, 0.3) is 11.5 Å². The molecule has 3 heterocycles. The van der Waals surface area contributed by atoms with Crippen LogP contribution in [0.1, 0.15) is 55.2 Å². The van der Waals surface area contributed by atoms with Crippen LogP contribution in [0.5, 0.6) is 0 Å². The first kappa shape index (κ1) is 24.0. The van der Waals surface area contributed by atoms with Gasteiger partial charge in [-0.3, -0.25) is 23.9 Å². The number of carboxylic acids is 1. The lowest BCUT2D eigenvalue weighted by Gasteiger charge is -2.25. The average molecular weight is 475 g/mol. The summed E-state index contributed by atoms with van der Waals surface area (Å²) in [4.78, 5) is 40.6. The van der Waals surface area contributed by atoms with E-state index in [0.717, 1.165) is 31.7 Å². The fourth-order valence-electron chi connectivity index (χ4n) is 4.07. The number of amides is 1. The Morgan fingerprint density at radius 1 is 1.25 bits per heavy atom. The van der Waals surface area contributed by atoms with Crippen LogP contribution in [-0.2, 0) is 16.6 Å². The molecule has 0 saturated carbocycles. The van der Waals surface area contributed by atoms with Crippen molar-refractivity contribution in [2.75, 3.05) is 24.5 Å². The topological polar surface area (TPSA) is 107 Å². The first-order chi connectivity index (χ1) is 15.3. The van der Waals surface area contributed by atoms with Gasteiger partial charge in [-0.1, -0.05) is 30.4 Å². The van der Waals surface area contributed by atoms with E-state index in [1.54, 1.807) is 24.9 Å². The van der Waals surface area contributed by atoms with Gasteiger partial charge < -0.3 is 10.0 Å². The van der Waals surface area contributed by atoms with Crippen LogP contribution < -0.4 is 10.5 Å². The zero-order valence-corrected chi connectivity index (χ0v) is 19.9. The maximum Gasteiger partial charge on any atom is 0.303 e. The molecule has 0 atom stereocenters. The molecule has 0 aliphatic carbocycles. The zero-order chi connectivity index (χ0) is 23.4. The summed E-state index contributed by atoms with van der Waals surface area (Å²) < 4.78 is 1.97. The highest BCUT2D eigenvalue weighted by Crippen LogP contribution is 2.36. The molecule has 1 aromatic heterocycles. The van der Waals surface area contributed by atoms with E-state index in [4.69, 9.17) is 17.3 Å². The summed E-state index contributed by atoms with van der Waals surface area (Å²) in [6.45, 7) is 3.82. The number of hydrogen-bond acceptors (Lipinski definition) is 7. The monoisotopic (exact) mass is 474 g/mol. The van der Waals surface area contributed by atoms with Crippen LogP contribution in [0.2, 0.25) is 0 Å². The number of unbranched alkanes of at least 4 members (excludes halogenated alkanes) is 2. The highest BCUT2D eigenvalue weighted by Gasteiger charge is 2.33. The lowest BCUT2D eigenvalue weighted by atomic mass is 10.0. The maximum absolute atomic E-state index is 13.1. The Morgan fingerprint density at radius 2 is 1.94 bits per heavy atom. The molecule has 2 aliphatic heterocycles. The number of anilines is 1. The molecule has 0 spiro atoms. The Kier molecular flexibility index (Phi) is 7.74. The van der Waals surface area contributed by atoms with Gasteiger partial charge >= 0.3 is 5.97 Å². The average Bonchev–Trinajstić information content (AvgIpc) is 3.36. The van der Waals surface area contributed by atoms with Gasteiger partial charge in [-0.2, -0.15) is 5.26 Å². The van der Waals surface area contributed by atoms with Gasteiger partial charge in [0.05, 0.1) is 4.91 Å². The van der Waals surface area contributed by atoms with Crippen molar-refractivity contribution in [3.63, 3.8) is 0 Å². The number of carbonyl (C=O) groups is 2. The maximum atomic E-state index is 13.1. The first-order valence-corrected chi connectivity index (χ1v) is 11.8. The van der Waals surface area contributed by atoms with Crippen LogP contribution >= 0.6 is 24.0 Å². The second kappa shape index (κ2) is 10.3. The molecule has 8 nitrogen and oxygen atoms in total. The van der Waals surface area contributed by atoms with Crippen molar-refractivity contribution >= 4 is 52.1 Å². The number of carboxylic acid groups (broad SMARTS) is 1. The molecule has 1 aromatic rings. The third-order valence-corrected chi connectivity index (χ3v) is 7.17. The standard InChI is InChI=1S/C22H26N4O4S2/c1-14-15(19(25-9-6-7-10-25)24(2)20(29)16(14)13-23)12-17-21(30)26(22(31)32-17)11-5-3-4-8-18(27)28/h12H,3-11H2,1-2H3,(H,27,28)/b17-12+. The Morgan fingerprint density at radius 3 is 2.56 bits per heavy atom. The number of nitrogens with zero attached hydrogens (tertiary/aromatic N) is 4. The van der Waals surface area contributed by atoms with Crippen molar-refractivity contribution in [1.82, 2.24) is 9.47 Å². The molecule has 0 radical (unpaired) electrons. The molecule has 1 amide bonds. The van der Waals surface area contributed by atoms with Crippen molar-refractivity contribution in [2.45, 2.75) is 45.4 Å². The minimum Gasteiger partial charge on any atom is -0.481 e. The van der Waals surface area contributed by atoms with Crippen molar-refractivity contribution in [2.24, 2.45) is 7.05 Å². The number of aliphatic carboxylic acids is 1. The van der Waals surface area contributed by atoms with Crippen molar-refractivity contribution in [3.05, 3.63) is 31.9 Å². The van der Waals surface area contributed by atoms with E-state index in [2.05, 4.69) is 4.90 Å². The van der Waals surface area contributed by atoms with E-state index < -0.39 is 5.97 Å². The van der Waals surface area contributed by atoms with Gasteiger partial charge in [-0.15, -0.1) is 0 Å². The van der Waals surface area contributed by atoms with Gasteiger partial charge in [0.2, 0.25) is 0 Å². The molecule has 1 N–H and O–H groups in total. The lowest BCUT2D eigenvalue weighted by Crippen LogP contribution is -2.31.